The number of rotatable bonds is 5. The van der Waals surface area contributed by atoms with Gasteiger partial charge in [-0.1, -0.05) is 36.4 Å². The van der Waals surface area contributed by atoms with Crippen LogP contribution in [0.3, 0.4) is 0 Å². The molecule has 0 amide bonds. The molecule has 7 heteroatoms. The van der Waals surface area contributed by atoms with Crippen molar-refractivity contribution in [2.75, 3.05) is 31.1 Å². The van der Waals surface area contributed by atoms with E-state index in [0.29, 0.717) is 11.3 Å². The van der Waals surface area contributed by atoms with Gasteiger partial charge in [-0.2, -0.15) is 5.10 Å². The SMILES string of the molecule is NC(=S)N/N=C/c1ccc(N2CCCN(Cc3ccccc3)CC2)c(F)c1. The summed E-state index contributed by atoms with van der Waals surface area (Å²) in [7, 11) is 0. The van der Waals surface area contributed by atoms with Gasteiger partial charge in [0.25, 0.3) is 0 Å². The standard InChI is InChI=1S/C20H24FN5S/c21-18-13-17(14-23-24-20(22)27)7-8-19(18)26-10-4-9-25(11-12-26)15-16-5-2-1-3-6-16/h1-3,5-8,13-14H,4,9-12,15H2,(H3,22,24,27)/b23-14+. The smallest absolute Gasteiger partial charge is 0.184 e. The molecule has 1 aliphatic heterocycles. The lowest BCUT2D eigenvalue weighted by Gasteiger charge is -2.24. The summed E-state index contributed by atoms with van der Waals surface area (Å²) < 4.78 is 14.6. The van der Waals surface area contributed by atoms with Gasteiger partial charge < -0.3 is 10.6 Å². The van der Waals surface area contributed by atoms with Gasteiger partial charge in [0.15, 0.2) is 5.11 Å². The summed E-state index contributed by atoms with van der Waals surface area (Å²) in [6.45, 7) is 4.51. The number of anilines is 1. The van der Waals surface area contributed by atoms with Gasteiger partial charge >= 0.3 is 0 Å². The molecule has 0 atom stereocenters. The molecule has 1 saturated heterocycles. The van der Waals surface area contributed by atoms with Gasteiger partial charge in [-0.25, -0.2) is 4.39 Å². The lowest BCUT2D eigenvalue weighted by Crippen LogP contribution is -2.31. The zero-order valence-corrected chi connectivity index (χ0v) is 16.0. The maximum absolute atomic E-state index is 14.6. The normalized spacial score (nSPS) is 15.7. The highest BCUT2D eigenvalue weighted by molar-refractivity contribution is 7.80. The number of hydrazone groups is 1. The van der Waals surface area contributed by atoms with Crippen molar-refractivity contribution >= 4 is 29.2 Å². The summed E-state index contributed by atoms with van der Waals surface area (Å²) in [4.78, 5) is 4.55. The third-order valence-electron chi connectivity index (χ3n) is 4.54. The van der Waals surface area contributed by atoms with Gasteiger partial charge in [-0.15, -0.1) is 0 Å². The molecule has 5 nitrogen and oxygen atoms in total. The molecule has 142 valence electrons. The minimum Gasteiger partial charge on any atom is -0.375 e. The van der Waals surface area contributed by atoms with Crippen molar-refractivity contribution in [3.8, 4) is 0 Å². The van der Waals surface area contributed by atoms with Crippen LogP contribution in [0.4, 0.5) is 10.1 Å². The first-order chi connectivity index (χ1) is 13.1. The summed E-state index contributed by atoms with van der Waals surface area (Å²) in [5, 5.41) is 3.94. The van der Waals surface area contributed by atoms with Crippen molar-refractivity contribution in [1.29, 1.82) is 0 Å². The molecular weight excluding hydrogens is 361 g/mol. The number of nitrogens with zero attached hydrogens (tertiary/aromatic N) is 3. The Labute approximate surface area is 164 Å². The van der Waals surface area contributed by atoms with E-state index in [9.17, 15) is 4.39 Å². The predicted molar refractivity (Wildman–Crippen MR) is 112 cm³/mol. The van der Waals surface area contributed by atoms with Gasteiger partial charge in [0, 0.05) is 32.7 Å². The number of benzene rings is 2. The van der Waals surface area contributed by atoms with E-state index in [-0.39, 0.29) is 10.9 Å². The number of hydrogen-bond donors (Lipinski definition) is 2. The number of hydrogen-bond acceptors (Lipinski definition) is 4. The molecule has 0 aliphatic carbocycles. The molecule has 2 aromatic rings. The first kappa shape index (κ1) is 19.3. The van der Waals surface area contributed by atoms with E-state index in [1.807, 2.05) is 18.2 Å². The Bertz CT molecular complexity index is 796. The number of nitrogens with two attached hydrogens (primary N) is 1. The Balaban J connectivity index is 1.61. The molecule has 3 N–H and O–H groups in total. The zero-order valence-electron chi connectivity index (χ0n) is 15.1. The van der Waals surface area contributed by atoms with Gasteiger partial charge in [-0.3, -0.25) is 10.3 Å². The second-order valence-electron chi connectivity index (χ2n) is 6.55. The molecule has 1 fully saturated rings. The fourth-order valence-corrected chi connectivity index (χ4v) is 3.29. The molecule has 0 aromatic heterocycles. The van der Waals surface area contributed by atoms with E-state index in [1.54, 1.807) is 0 Å². The number of thiocarbonyl (C=S) groups is 1. The Morgan fingerprint density at radius 1 is 1.15 bits per heavy atom. The molecule has 0 unspecified atom stereocenters. The van der Waals surface area contributed by atoms with Crippen LogP contribution < -0.4 is 16.1 Å². The summed E-state index contributed by atoms with van der Waals surface area (Å²) in [6.07, 6.45) is 2.50. The van der Waals surface area contributed by atoms with Crippen LogP contribution in [-0.4, -0.2) is 42.4 Å². The van der Waals surface area contributed by atoms with Crippen LogP contribution in [0.25, 0.3) is 0 Å². The molecule has 27 heavy (non-hydrogen) atoms. The highest BCUT2D eigenvalue weighted by Gasteiger charge is 2.18. The second kappa shape index (κ2) is 9.43. The minimum atomic E-state index is -0.245. The highest BCUT2D eigenvalue weighted by atomic mass is 32.1. The lowest BCUT2D eigenvalue weighted by molar-refractivity contribution is 0.285. The van der Waals surface area contributed by atoms with Crippen molar-refractivity contribution < 1.29 is 4.39 Å². The maximum Gasteiger partial charge on any atom is 0.184 e. The van der Waals surface area contributed by atoms with E-state index in [0.717, 1.165) is 39.1 Å². The quantitative estimate of drug-likeness (QED) is 0.471. The zero-order chi connectivity index (χ0) is 19.1. The largest absolute Gasteiger partial charge is 0.375 e. The Morgan fingerprint density at radius 2 is 1.96 bits per heavy atom. The Kier molecular flexibility index (Phi) is 6.73. The predicted octanol–water partition coefficient (Wildman–Crippen LogP) is 2.71. The van der Waals surface area contributed by atoms with Gasteiger partial charge in [0.2, 0.25) is 0 Å². The molecular formula is C20H24FN5S. The third-order valence-corrected chi connectivity index (χ3v) is 4.63. The molecule has 0 saturated carbocycles. The van der Waals surface area contributed by atoms with E-state index in [2.05, 4.69) is 56.8 Å². The number of halogens is 1. The summed E-state index contributed by atoms with van der Waals surface area (Å²) in [6, 6.07) is 15.6. The topological polar surface area (TPSA) is 56.9 Å². The van der Waals surface area contributed by atoms with Crippen LogP contribution in [0.5, 0.6) is 0 Å². The molecule has 1 heterocycles. The highest BCUT2D eigenvalue weighted by Crippen LogP contribution is 2.22. The first-order valence-corrected chi connectivity index (χ1v) is 9.42. The second-order valence-corrected chi connectivity index (χ2v) is 6.99. The van der Waals surface area contributed by atoms with Crippen LogP contribution >= 0.6 is 12.2 Å². The van der Waals surface area contributed by atoms with Gasteiger partial charge in [0.1, 0.15) is 5.82 Å². The van der Waals surface area contributed by atoms with Gasteiger partial charge in [0.05, 0.1) is 11.9 Å². The first-order valence-electron chi connectivity index (χ1n) is 9.01. The molecule has 0 spiro atoms. The van der Waals surface area contributed by atoms with Gasteiger partial charge in [-0.05, 0) is 41.9 Å². The van der Waals surface area contributed by atoms with Crippen LogP contribution in [0, 0.1) is 5.82 Å². The number of nitrogens with one attached hydrogen (secondary N) is 1. The molecule has 0 radical (unpaired) electrons. The van der Waals surface area contributed by atoms with Crippen molar-refractivity contribution in [2.24, 2.45) is 10.8 Å². The fraction of sp³-hybridized carbons (Fsp3) is 0.300. The van der Waals surface area contributed by atoms with Crippen molar-refractivity contribution in [3.05, 3.63) is 65.5 Å². The van der Waals surface area contributed by atoms with E-state index >= 15 is 0 Å². The van der Waals surface area contributed by atoms with Crippen molar-refractivity contribution in [3.63, 3.8) is 0 Å². The minimum absolute atomic E-state index is 0.0768. The Hall–Kier alpha value is -2.51. The third kappa shape index (κ3) is 5.74. The molecule has 2 aromatic carbocycles. The van der Waals surface area contributed by atoms with E-state index < -0.39 is 0 Å². The van der Waals surface area contributed by atoms with Crippen LogP contribution in [0.15, 0.2) is 53.6 Å². The van der Waals surface area contributed by atoms with Crippen molar-refractivity contribution in [2.45, 2.75) is 13.0 Å². The van der Waals surface area contributed by atoms with Crippen molar-refractivity contribution in [1.82, 2.24) is 10.3 Å². The molecule has 3 rings (SSSR count). The maximum atomic E-state index is 14.6. The van der Waals surface area contributed by atoms with E-state index in [1.165, 1.54) is 17.8 Å². The Morgan fingerprint density at radius 3 is 2.70 bits per heavy atom. The fourth-order valence-electron chi connectivity index (χ4n) is 3.24. The average Bonchev–Trinajstić information content (AvgIpc) is 2.88. The van der Waals surface area contributed by atoms with Crippen LogP contribution in [-0.2, 0) is 6.54 Å². The lowest BCUT2D eigenvalue weighted by atomic mass is 10.2. The monoisotopic (exact) mass is 385 g/mol. The van der Waals surface area contributed by atoms with Crippen LogP contribution in [0.1, 0.15) is 17.5 Å². The summed E-state index contributed by atoms with van der Waals surface area (Å²) in [5.41, 5.74) is 10.4. The van der Waals surface area contributed by atoms with E-state index in [4.69, 9.17) is 5.73 Å². The summed E-state index contributed by atoms with van der Waals surface area (Å²) >= 11 is 4.67. The molecule has 1 aliphatic rings. The summed E-state index contributed by atoms with van der Waals surface area (Å²) in [5.74, 6) is -0.245. The molecule has 0 bridgehead atoms. The average molecular weight is 386 g/mol. The van der Waals surface area contributed by atoms with Crippen LogP contribution in [0.2, 0.25) is 0 Å².